The standard InChI is InChI=1S/C14H15N3O2S/c1-3-18-10-4-5-12-13(7-10)16-14(15-12)20-8-11-6-9(2)17-19-11/h4-7H,3,8H2,1-2H3,(H,15,16). The molecular weight excluding hydrogens is 274 g/mol. The van der Waals surface area contributed by atoms with E-state index in [1.165, 1.54) is 0 Å². The largest absolute Gasteiger partial charge is 0.494 e. The van der Waals surface area contributed by atoms with Crippen molar-refractivity contribution >= 4 is 22.8 Å². The van der Waals surface area contributed by atoms with Gasteiger partial charge in [0.25, 0.3) is 0 Å². The molecule has 2 aromatic heterocycles. The second kappa shape index (κ2) is 5.58. The Bertz CT molecular complexity index is 720. The van der Waals surface area contributed by atoms with E-state index in [1.807, 2.05) is 38.1 Å². The van der Waals surface area contributed by atoms with Gasteiger partial charge in [0.1, 0.15) is 11.5 Å². The van der Waals surface area contributed by atoms with Crippen LogP contribution >= 0.6 is 11.8 Å². The predicted molar refractivity (Wildman–Crippen MR) is 78.1 cm³/mol. The average molecular weight is 289 g/mol. The van der Waals surface area contributed by atoms with E-state index < -0.39 is 0 Å². The van der Waals surface area contributed by atoms with Crippen molar-refractivity contribution < 1.29 is 9.26 Å². The zero-order valence-electron chi connectivity index (χ0n) is 11.3. The van der Waals surface area contributed by atoms with Crippen molar-refractivity contribution in [3.05, 3.63) is 35.7 Å². The zero-order valence-corrected chi connectivity index (χ0v) is 12.2. The van der Waals surface area contributed by atoms with Gasteiger partial charge < -0.3 is 14.2 Å². The van der Waals surface area contributed by atoms with Crippen LogP contribution in [0.4, 0.5) is 0 Å². The Balaban J connectivity index is 1.75. The molecule has 0 spiro atoms. The lowest BCUT2D eigenvalue weighted by Gasteiger charge is -2.00. The van der Waals surface area contributed by atoms with Crippen molar-refractivity contribution in [2.45, 2.75) is 24.8 Å². The van der Waals surface area contributed by atoms with Crippen LogP contribution in [-0.4, -0.2) is 21.7 Å². The third kappa shape index (κ3) is 2.80. The molecular formula is C14H15N3O2S. The highest BCUT2D eigenvalue weighted by atomic mass is 32.2. The van der Waals surface area contributed by atoms with Gasteiger partial charge in [-0.15, -0.1) is 0 Å². The minimum absolute atomic E-state index is 0.659. The Morgan fingerprint density at radius 1 is 1.35 bits per heavy atom. The fourth-order valence-corrected chi connectivity index (χ4v) is 2.67. The van der Waals surface area contributed by atoms with Gasteiger partial charge in [0.15, 0.2) is 5.16 Å². The van der Waals surface area contributed by atoms with Crippen LogP contribution < -0.4 is 4.74 Å². The minimum Gasteiger partial charge on any atom is -0.494 e. The molecule has 0 radical (unpaired) electrons. The molecule has 1 aromatic carbocycles. The van der Waals surface area contributed by atoms with Crippen LogP contribution in [-0.2, 0) is 5.75 Å². The summed E-state index contributed by atoms with van der Waals surface area (Å²) in [5.74, 6) is 2.41. The number of thioether (sulfide) groups is 1. The molecule has 104 valence electrons. The number of nitrogens with zero attached hydrogens (tertiary/aromatic N) is 2. The van der Waals surface area contributed by atoms with E-state index in [1.54, 1.807) is 11.8 Å². The van der Waals surface area contributed by atoms with E-state index in [0.29, 0.717) is 12.4 Å². The summed E-state index contributed by atoms with van der Waals surface area (Å²) in [6.45, 7) is 4.54. The topological polar surface area (TPSA) is 63.9 Å². The summed E-state index contributed by atoms with van der Waals surface area (Å²) in [5.41, 5.74) is 2.81. The van der Waals surface area contributed by atoms with Crippen molar-refractivity contribution in [2.75, 3.05) is 6.61 Å². The summed E-state index contributed by atoms with van der Waals surface area (Å²) >= 11 is 1.59. The molecule has 20 heavy (non-hydrogen) atoms. The smallest absolute Gasteiger partial charge is 0.166 e. The Morgan fingerprint density at radius 3 is 3.00 bits per heavy atom. The number of hydrogen-bond donors (Lipinski definition) is 1. The summed E-state index contributed by atoms with van der Waals surface area (Å²) in [7, 11) is 0. The molecule has 3 aromatic rings. The molecule has 5 nitrogen and oxygen atoms in total. The molecule has 1 N–H and O–H groups in total. The molecule has 0 amide bonds. The van der Waals surface area contributed by atoms with Gasteiger partial charge >= 0.3 is 0 Å². The maximum Gasteiger partial charge on any atom is 0.166 e. The Labute approximate surface area is 120 Å². The number of H-pyrrole nitrogens is 1. The first-order valence-corrected chi connectivity index (χ1v) is 7.40. The molecule has 0 aliphatic carbocycles. The lowest BCUT2D eigenvalue weighted by atomic mass is 10.3. The highest BCUT2D eigenvalue weighted by Gasteiger charge is 2.07. The second-order valence-corrected chi connectivity index (χ2v) is 5.34. The highest BCUT2D eigenvalue weighted by Crippen LogP contribution is 2.25. The van der Waals surface area contributed by atoms with E-state index in [-0.39, 0.29) is 0 Å². The average Bonchev–Trinajstić information content (AvgIpc) is 3.02. The molecule has 6 heteroatoms. The number of aryl methyl sites for hydroxylation is 1. The third-order valence-corrected chi connectivity index (χ3v) is 3.67. The van der Waals surface area contributed by atoms with Crippen molar-refractivity contribution in [2.24, 2.45) is 0 Å². The number of benzene rings is 1. The van der Waals surface area contributed by atoms with Crippen LogP contribution in [0.3, 0.4) is 0 Å². The van der Waals surface area contributed by atoms with Crippen LogP contribution in [0.1, 0.15) is 18.4 Å². The van der Waals surface area contributed by atoms with E-state index in [4.69, 9.17) is 9.26 Å². The summed E-state index contributed by atoms with van der Waals surface area (Å²) < 4.78 is 10.7. The van der Waals surface area contributed by atoms with Gasteiger partial charge in [-0.2, -0.15) is 0 Å². The summed E-state index contributed by atoms with van der Waals surface area (Å²) in [6.07, 6.45) is 0. The number of imidazole rings is 1. The number of ether oxygens (including phenoxy) is 1. The molecule has 0 aliphatic rings. The number of hydrogen-bond acceptors (Lipinski definition) is 5. The maximum absolute atomic E-state index is 5.48. The quantitative estimate of drug-likeness (QED) is 0.728. The van der Waals surface area contributed by atoms with Crippen LogP contribution in [0, 0.1) is 6.92 Å². The monoisotopic (exact) mass is 289 g/mol. The molecule has 0 bridgehead atoms. The molecule has 0 saturated heterocycles. The summed E-state index contributed by atoms with van der Waals surface area (Å²) in [6, 6.07) is 7.79. The van der Waals surface area contributed by atoms with E-state index in [9.17, 15) is 0 Å². The highest BCUT2D eigenvalue weighted by molar-refractivity contribution is 7.98. The van der Waals surface area contributed by atoms with Crippen LogP contribution in [0.2, 0.25) is 0 Å². The van der Waals surface area contributed by atoms with Crippen LogP contribution in [0.25, 0.3) is 11.0 Å². The first-order valence-electron chi connectivity index (χ1n) is 6.42. The molecule has 0 unspecified atom stereocenters. The normalized spacial score (nSPS) is 11.1. The Morgan fingerprint density at radius 2 is 2.25 bits per heavy atom. The van der Waals surface area contributed by atoms with Gasteiger partial charge in [-0.1, -0.05) is 16.9 Å². The molecule has 0 aliphatic heterocycles. The summed E-state index contributed by atoms with van der Waals surface area (Å²) in [4.78, 5) is 7.81. The Hall–Kier alpha value is -1.95. The van der Waals surface area contributed by atoms with Crippen molar-refractivity contribution in [1.29, 1.82) is 0 Å². The minimum atomic E-state index is 0.659. The Kier molecular flexibility index (Phi) is 3.64. The molecule has 0 fully saturated rings. The van der Waals surface area contributed by atoms with E-state index >= 15 is 0 Å². The number of aromatic amines is 1. The number of nitrogens with one attached hydrogen (secondary N) is 1. The molecule has 2 heterocycles. The molecule has 0 saturated carbocycles. The van der Waals surface area contributed by atoms with Gasteiger partial charge in [-0.3, -0.25) is 0 Å². The van der Waals surface area contributed by atoms with Crippen LogP contribution in [0.5, 0.6) is 5.75 Å². The van der Waals surface area contributed by atoms with E-state index in [0.717, 1.165) is 33.4 Å². The van der Waals surface area contributed by atoms with E-state index in [2.05, 4.69) is 15.1 Å². The number of aromatic nitrogens is 3. The lowest BCUT2D eigenvalue weighted by Crippen LogP contribution is -1.90. The number of fused-ring (bicyclic) bond motifs is 1. The number of rotatable bonds is 5. The SMILES string of the molecule is CCOc1ccc2nc(SCc3cc(C)no3)[nH]c2c1. The maximum atomic E-state index is 5.48. The van der Waals surface area contributed by atoms with Crippen molar-refractivity contribution in [3.63, 3.8) is 0 Å². The molecule has 0 atom stereocenters. The molecule has 3 rings (SSSR count). The van der Waals surface area contributed by atoms with Crippen molar-refractivity contribution in [1.82, 2.24) is 15.1 Å². The third-order valence-electron chi connectivity index (χ3n) is 2.77. The first kappa shape index (κ1) is 13.1. The van der Waals surface area contributed by atoms with Crippen molar-refractivity contribution in [3.8, 4) is 5.75 Å². The lowest BCUT2D eigenvalue weighted by molar-refractivity contribution is 0.340. The summed E-state index contributed by atoms with van der Waals surface area (Å²) in [5, 5.41) is 4.73. The predicted octanol–water partition coefficient (Wildman–Crippen LogP) is 3.55. The van der Waals surface area contributed by atoms with Gasteiger partial charge in [-0.05, 0) is 26.0 Å². The van der Waals surface area contributed by atoms with Gasteiger partial charge in [0, 0.05) is 12.1 Å². The van der Waals surface area contributed by atoms with Gasteiger partial charge in [-0.25, -0.2) is 4.98 Å². The fourth-order valence-electron chi connectivity index (χ4n) is 1.91. The zero-order chi connectivity index (χ0) is 13.9. The van der Waals surface area contributed by atoms with Crippen LogP contribution in [0.15, 0.2) is 33.9 Å². The fraction of sp³-hybridized carbons (Fsp3) is 0.286. The first-order chi connectivity index (χ1) is 9.74. The second-order valence-electron chi connectivity index (χ2n) is 4.38. The van der Waals surface area contributed by atoms with Gasteiger partial charge in [0.2, 0.25) is 0 Å². The van der Waals surface area contributed by atoms with Gasteiger partial charge in [0.05, 0.1) is 29.1 Å².